The molecule has 0 unspecified atom stereocenters. The van der Waals surface area contributed by atoms with Gasteiger partial charge in [0.25, 0.3) is 5.56 Å². The molecule has 8 heteroatoms. The quantitative estimate of drug-likeness (QED) is 0.451. The summed E-state index contributed by atoms with van der Waals surface area (Å²) in [5.41, 5.74) is 10.8. The third kappa shape index (κ3) is 4.44. The van der Waals surface area contributed by atoms with Crippen LogP contribution in [0.4, 0.5) is 5.69 Å². The summed E-state index contributed by atoms with van der Waals surface area (Å²) in [6.45, 7) is 2.82. The highest BCUT2D eigenvalue weighted by Gasteiger charge is 2.22. The predicted octanol–water partition coefficient (Wildman–Crippen LogP) is 3.24. The van der Waals surface area contributed by atoms with Gasteiger partial charge in [-0.25, -0.2) is 4.98 Å². The van der Waals surface area contributed by atoms with Crippen LogP contribution in [0.3, 0.4) is 0 Å². The molecule has 0 atom stereocenters. The molecule has 1 amide bonds. The third-order valence-corrected chi connectivity index (χ3v) is 7.11. The van der Waals surface area contributed by atoms with Crippen molar-refractivity contribution in [1.82, 2.24) is 19.0 Å². The highest BCUT2D eigenvalue weighted by atomic mass is 16.1. The van der Waals surface area contributed by atoms with Crippen molar-refractivity contribution < 1.29 is 4.79 Å². The Bertz CT molecular complexity index is 1430. The molecule has 180 valence electrons. The number of carbonyl (C=O) groups excluding carboxylic acids is 1. The maximum atomic E-state index is 12.7. The van der Waals surface area contributed by atoms with E-state index in [1.54, 1.807) is 30.1 Å². The van der Waals surface area contributed by atoms with Gasteiger partial charge < -0.3 is 15.6 Å². The summed E-state index contributed by atoms with van der Waals surface area (Å²) in [5, 5.41) is 3.98. The molecule has 0 aliphatic carbocycles. The SMILES string of the molecule is CNc1ccn(-c2ccnc3c2cc(CN2CCC(c4ccc(C(N)=O)cc4)CC2)n3C)c(=O)c1. The first-order valence-electron chi connectivity index (χ1n) is 11.9. The fourth-order valence-corrected chi connectivity index (χ4v) is 5.03. The number of amides is 1. The number of aromatic nitrogens is 3. The molecule has 0 spiro atoms. The Morgan fingerprint density at radius 2 is 1.86 bits per heavy atom. The van der Waals surface area contributed by atoms with Crippen LogP contribution in [-0.2, 0) is 13.6 Å². The van der Waals surface area contributed by atoms with Crippen LogP contribution >= 0.6 is 0 Å². The number of piperidine rings is 1. The summed E-state index contributed by atoms with van der Waals surface area (Å²) in [5.74, 6) is 0.0974. The van der Waals surface area contributed by atoms with Crippen LogP contribution in [0.5, 0.6) is 0 Å². The largest absolute Gasteiger partial charge is 0.388 e. The molecule has 1 aromatic carbocycles. The van der Waals surface area contributed by atoms with Crippen LogP contribution in [-0.4, -0.2) is 45.1 Å². The van der Waals surface area contributed by atoms with Crippen LogP contribution in [0.2, 0.25) is 0 Å². The summed E-state index contributed by atoms with van der Waals surface area (Å²) < 4.78 is 3.80. The number of pyridine rings is 2. The molecule has 0 saturated carbocycles. The number of rotatable bonds is 6. The van der Waals surface area contributed by atoms with Gasteiger partial charge in [-0.3, -0.25) is 19.1 Å². The van der Waals surface area contributed by atoms with Gasteiger partial charge in [-0.1, -0.05) is 12.1 Å². The number of nitrogens with two attached hydrogens (primary N) is 1. The van der Waals surface area contributed by atoms with Gasteiger partial charge in [0.1, 0.15) is 5.65 Å². The minimum absolute atomic E-state index is 0.0827. The number of nitrogens with zero attached hydrogens (tertiary/aromatic N) is 4. The van der Waals surface area contributed by atoms with Gasteiger partial charge in [-0.05, 0) is 67.7 Å². The second-order valence-corrected chi connectivity index (χ2v) is 9.17. The van der Waals surface area contributed by atoms with Crippen molar-refractivity contribution in [2.24, 2.45) is 12.8 Å². The van der Waals surface area contributed by atoms with E-state index in [1.165, 1.54) is 11.3 Å². The van der Waals surface area contributed by atoms with Crippen molar-refractivity contribution >= 4 is 22.6 Å². The number of anilines is 1. The van der Waals surface area contributed by atoms with E-state index in [0.29, 0.717) is 11.5 Å². The number of hydrogen-bond donors (Lipinski definition) is 2. The Balaban J connectivity index is 1.33. The monoisotopic (exact) mass is 470 g/mol. The lowest BCUT2D eigenvalue weighted by Crippen LogP contribution is -2.33. The first kappa shape index (κ1) is 22.9. The van der Waals surface area contributed by atoms with Crippen molar-refractivity contribution in [3.05, 3.63) is 88.1 Å². The molecule has 0 radical (unpaired) electrons. The molecular formula is C27H30N6O2. The lowest BCUT2D eigenvalue weighted by atomic mass is 9.89. The van der Waals surface area contributed by atoms with Crippen molar-refractivity contribution in [1.29, 1.82) is 0 Å². The average Bonchev–Trinajstić information content (AvgIpc) is 3.20. The minimum atomic E-state index is -0.390. The molecule has 0 bridgehead atoms. The molecule has 5 rings (SSSR count). The third-order valence-electron chi connectivity index (χ3n) is 7.11. The Morgan fingerprint density at radius 1 is 1.11 bits per heavy atom. The standard InChI is InChI=1S/C27H30N6O2/c1-29-21-10-14-33(25(34)15-21)24-7-11-30-27-23(24)16-22(31(27)2)17-32-12-8-19(9-13-32)18-3-5-20(6-4-18)26(28)35/h3-7,10-11,14-16,19,29H,8-9,12-13,17H2,1-2H3,(H2,28,35). The molecule has 3 aromatic heterocycles. The summed E-state index contributed by atoms with van der Waals surface area (Å²) in [7, 11) is 3.84. The lowest BCUT2D eigenvalue weighted by Gasteiger charge is -2.32. The zero-order valence-corrected chi connectivity index (χ0v) is 20.1. The smallest absolute Gasteiger partial charge is 0.257 e. The lowest BCUT2D eigenvalue weighted by molar-refractivity contribution is 0.1000. The highest BCUT2D eigenvalue weighted by molar-refractivity contribution is 5.92. The maximum Gasteiger partial charge on any atom is 0.257 e. The van der Waals surface area contributed by atoms with Crippen molar-refractivity contribution in [3.8, 4) is 5.69 Å². The first-order valence-corrected chi connectivity index (χ1v) is 11.9. The number of hydrogen-bond acceptors (Lipinski definition) is 5. The van der Waals surface area contributed by atoms with Crippen LogP contribution < -0.4 is 16.6 Å². The van der Waals surface area contributed by atoms with E-state index in [4.69, 9.17) is 5.73 Å². The zero-order valence-electron chi connectivity index (χ0n) is 20.1. The molecule has 1 fully saturated rings. The highest BCUT2D eigenvalue weighted by Crippen LogP contribution is 2.30. The zero-order chi connectivity index (χ0) is 24.5. The molecule has 3 N–H and O–H groups in total. The molecule has 1 saturated heterocycles. The molecule has 1 aliphatic rings. The number of carbonyl (C=O) groups is 1. The van der Waals surface area contributed by atoms with Crippen LogP contribution in [0.25, 0.3) is 16.7 Å². The van der Waals surface area contributed by atoms with Gasteiger partial charge in [0.2, 0.25) is 5.91 Å². The molecule has 4 heterocycles. The average molecular weight is 471 g/mol. The second kappa shape index (κ2) is 9.38. The van der Waals surface area contributed by atoms with Crippen molar-refractivity contribution in [2.45, 2.75) is 25.3 Å². The van der Waals surface area contributed by atoms with Crippen LogP contribution in [0, 0.1) is 0 Å². The molecule has 8 nitrogen and oxygen atoms in total. The Hall–Kier alpha value is -3.91. The van der Waals surface area contributed by atoms with Gasteiger partial charge in [0.15, 0.2) is 0 Å². The summed E-state index contributed by atoms with van der Waals surface area (Å²) in [6.07, 6.45) is 5.69. The number of likely N-dealkylation sites (tertiary alicyclic amines) is 1. The van der Waals surface area contributed by atoms with Gasteiger partial charge >= 0.3 is 0 Å². The summed E-state index contributed by atoms with van der Waals surface area (Å²) in [4.78, 5) is 31.1. The molecule has 35 heavy (non-hydrogen) atoms. The van der Waals surface area contributed by atoms with Gasteiger partial charge in [-0.2, -0.15) is 0 Å². The van der Waals surface area contributed by atoms with E-state index in [0.717, 1.165) is 54.9 Å². The predicted molar refractivity (Wildman–Crippen MR) is 138 cm³/mol. The number of fused-ring (bicyclic) bond motifs is 1. The number of nitrogens with one attached hydrogen (secondary N) is 1. The van der Waals surface area contributed by atoms with Gasteiger partial charge in [0.05, 0.1) is 5.69 Å². The second-order valence-electron chi connectivity index (χ2n) is 9.17. The van der Waals surface area contributed by atoms with Crippen LogP contribution in [0.1, 0.15) is 40.4 Å². The fourth-order valence-electron chi connectivity index (χ4n) is 5.03. The van der Waals surface area contributed by atoms with E-state index in [9.17, 15) is 9.59 Å². The van der Waals surface area contributed by atoms with Crippen molar-refractivity contribution in [3.63, 3.8) is 0 Å². The van der Waals surface area contributed by atoms with Gasteiger partial charge in [-0.15, -0.1) is 0 Å². The van der Waals surface area contributed by atoms with E-state index < -0.39 is 0 Å². The van der Waals surface area contributed by atoms with E-state index in [1.807, 2.05) is 43.4 Å². The van der Waals surface area contributed by atoms with Gasteiger partial charge in [0, 0.05) is 61.4 Å². The van der Waals surface area contributed by atoms with E-state index in [2.05, 4.69) is 25.8 Å². The first-order chi connectivity index (χ1) is 16.9. The summed E-state index contributed by atoms with van der Waals surface area (Å²) in [6, 6.07) is 15.2. The molecular weight excluding hydrogens is 440 g/mol. The summed E-state index contributed by atoms with van der Waals surface area (Å²) >= 11 is 0. The molecule has 1 aliphatic heterocycles. The van der Waals surface area contributed by atoms with Crippen LogP contribution in [0.15, 0.2) is 65.7 Å². The minimum Gasteiger partial charge on any atom is -0.388 e. The fraction of sp³-hybridized carbons (Fsp3) is 0.296. The Labute approximate surface area is 204 Å². The molecule has 4 aromatic rings. The maximum absolute atomic E-state index is 12.7. The Morgan fingerprint density at radius 3 is 2.51 bits per heavy atom. The van der Waals surface area contributed by atoms with E-state index in [-0.39, 0.29) is 11.5 Å². The Kier molecular flexibility index (Phi) is 6.13. The normalized spacial score (nSPS) is 14.9. The number of benzene rings is 1. The number of primary amides is 1. The van der Waals surface area contributed by atoms with E-state index >= 15 is 0 Å². The topological polar surface area (TPSA) is 98.2 Å². The number of aryl methyl sites for hydroxylation is 1. The van der Waals surface area contributed by atoms with Crippen molar-refractivity contribution in [2.75, 3.05) is 25.5 Å².